The first-order chi connectivity index (χ1) is 9.63. The van der Waals surface area contributed by atoms with Crippen molar-refractivity contribution < 1.29 is 14.7 Å². The molecule has 20 heavy (non-hydrogen) atoms. The van der Waals surface area contributed by atoms with Gasteiger partial charge in [-0.3, -0.25) is 4.79 Å². The first-order valence-corrected chi connectivity index (χ1v) is 6.86. The van der Waals surface area contributed by atoms with Crippen molar-refractivity contribution in [2.24, 2.45) is 0 Å². The van der Waals surface area contributed by atoms with Gasteiger partial charge < -0.3 is 10.4 Å². The minimum Gasteiger partial charge on any atom is -0.480 e. The highest BCUT2D eigenvalue weighted by Gasteiger charge is 2.22. The molecule has 1 atom stereocenters. The second-order valence-corrected chi connectivity index (χ2v) is 4.96. The SMILES string of the molecule is CCCC(NC(=O)c1sccc1-n1cnnn1)C(=O)O. The van der Waals surface area contributed by atoms with E-state index in [0.29, 0.717) is 23.4 Å². The summed E-state index contributed by atoms with van der Waals surface area (Å²) < 4.78 is 1.36. The summed E-state index contributed by atoms with van der Waals surface area (Å²) >= 11 is 1.21. The van der Waals surface area contributed by atoms with Crippen LogP contribution in [-0.4, -0.2) is 43.2 Å². The van der Waals surface area contributed by atoms with E-state index in [-0.39, 0.29) is 0 Å². The largest absolute Gasteiger partial charge is 0.480 e. The Morgan fingerprint density at radius 1 is 1.55 bits per heavy atom. The topological polar surface area (TPSA) is 110 Å². The number of hydrogen-bond donors (Lipinski definition) is 2. The van der Waals surface area contributed by atoms with Crippen LogP contribution in [0.4, 0.5) is 0 Å². The van der Waals surface area contributed by atoms with Gasteiger partial charge in [0, 0.05) is 0 Å². The first-order valence-electron chi connectivity index (χ1n) is 5.98. The van der Waals surface area contributed by atoms with Gasteiger partial charge >= 0.3 is 5.97 Å². The Hall–Kier alpha value is -2.29. The van der Waals surface area contributed by atoms with Crippen LogP contribution in [0.15, 0.2) is 17.8 Å². The quantitative estimate of drug-likeness (QED) is 0.812. The zero-order chi connectivity index (χ0) is 14.5. The van der Waals surface area contributed by atoms with Crippen LogP contribution in [0.2, 0.25) is 0 Å². The summed E-state index contributed by atoms with van der Waals surface area (Å²) in [5.74, 6) is -1.48. The molecule has 2 aromatic rings. The Bertz CT molecular complexity index is 595. The van der Waals surface area contributed by atoms with Crippen molar-refractivity contribution in [2.45, 2.75) is 25.8 Å². The summed E-state index contributed by atoms with van der Waals surface area (Å²) in [5, 5.41) is 24.0. The maximum absolute atomic E-state index is 12.2. The molecule has 0 saturated heterocycles. The van der Waals surface area contributed by atoms with Crippen LogP contribution in [0.1, 0.15) is 29.4 Å². The molecule has 9 heteroatoms. The molecule has 0 radical (unpaired) electrons. The molecule has 106 valence electrons. The van der Waals surface area contributed by atoms with Crippen LogP contribution in [-0.2, 0) is 4.79 Å². The summed E-state index contributed by atoms with van der Waals surface area (Å²) in [7, 11) is 0. The number of carbonyl (C=O) groups is 2. The average molecular weight is 295 g/mol. The Morgan fingerprint density at radius 2 is 2.35 bits per heavy atom. The van der Waals surface area contributed by atoms with E-state index in [1.54, 1.807) is 11.4 Å². The molecule has 0 aliphatic carbocycles. The fraction of sp³-hybridized carbons (Fsp3) is 0.364. The summed E-state index contributed by atoms with van der Waals surface area (Å²) in [5.41, 5.74) is 0.526. The van der Waals surface area contributed by atoms with Crippen molar-refractivity contribution in [2.75, 3.05) is 0 Å². The fourth-order valence-electron chi connectivity index (χ4n) is 1.69. The Kier molecular flexibility index (Phi) is 4.41. The number of tetrazole rings is 1. The van der Waals surface area contributed by atoms with E-state index in [1.165, 1.54) is 22.3 Å². The van der Waals surface area contributed by atoms with E-state index in [0.717, 1.165) is 0 Å². The maximum atomic E-state index is 12.2. The molecule has 2 aromatic heterocycles. The zero-order valence-electron chi connectivity index (χ0n) is 10.7. The van der Waals surface area contributed by atoms with Crippen LogP contribution in [0.3, 0.4) is 0 Å². The smallest absolute Gasteiger partial charge is 0.326 e. The zero-order valence-corrected chi connectivity index (χ0v) is 11.5. The molecule has 0 aliphatic rings. The molecule has 0 fully saturated rings. The van der Waals surface area contributed by atoms with Crippen molar-refractivity contribution in [1.82, 2.24) is 25.5 Å². The van der Waals surface area contributed by atoms with E-state index in [1.807, 2.05) is 6.92 Å². The third kappa shape index (κ3) is 2.99. The highest BCUT2D eigenvalue weighted by atomic mass is 32.1. The lowest BCUT2D eigenvalue weighted by Gasteiger charge is -2.13. The van der Waals surface area contributed by atoms with Crippen molar-refractivity contribution in [3.05, 3.63) is 22.7 Å². The number of carboxylic acids is 1. The fourth-order valence-corrected chi connectivity index (χ4v) is 2.48. The third-order valence-corrected chi connectivity index (χ3v) is 3.53. The molecule has 1 amide bonds. The molecular formula is C11H13N5O3S. The predicted octanol–water partition coefficient (Wildman–Crippen LogP) is 0.707. The van der Waals surface area contributed by atoms with Crippen LogP contribution in [0, 0.1) is 0 Å². The van der Waals surface area contributed by atoms with Gasteiger partial charge in [-0.15, -0.1) is 16.4 Å². The monoisotopic (exact) mass is 295 g/mol. The lowest BCUT2D eigenvalue weighted by Crippen LogP contribution is -2.40. The number of rotatable bonds is 6. The van der Waals surface area contributed by atoms with Gasteiger partial charge in [-0.25, -0.2) is 4.79 Å². The summed E-state index contributed by atoms with van der Waals surface area (Å²) in [4.78, 5) is 23.6. The second kappa shape index (κ2) is 6.24. The van der Waals surface area contributed by atoms with Crippen molar-refractivity contribution in [3.63, 3.8) is 0 Å². The van der Waals surface area contributed by atoms with Crippen LogP contribution < -0.4 is 5.32 Å². The van der Waals surface area contributed by atoms with Gasteiger partial charge in [0.2, 0.25) is 0 Å². The van der Waals surface area contributed by atoms with E-state index >= 15 is 0 Å². The van der Waals surface area contributed by atoms with Crippen LogP contribution in [0.25, 0.3) is 5.69 Å². The molecular weight excluding hydrogens is 282 g/mol. The molecule has 0 saturated carbocycles. The van der Waals surface area contributed by atoms with Crippen LogP contribution >= 0.6 is 11.3 Å². The van der Waals surface area contributed by atoms with Crippen molar-refractivity contribution in [1.29, 1.82) is 0 Å². The summed E-state index contributed by atoms with van der Waals surface area (Å²) in [6.45, 7) is 1.86. The van der Waals surface area contributed by atoms with Gasteiger partial charge in [-0.05, 0) is 28.3 Å². The minimum absolute atomic E-state index is 0.375. The average Bonchev–Trinajstić information content (AvgIpc) is 3.08. The number of nitrogens with zero attached hydrogens (tertiary/aromatic N) is 4. The van der Waals surface area contributed by atoms with E-state index in [4.69, 9.17) is 5.11 Å². The number of carboxylic acid groups (broad SMARTS) is 1. The first kappa shape index (κ1) is 14.1. The van der Waals surface area contributed by atoms with Gasteiger partial charge in [-0.1, -0.05) is 13.3 Å². The van der Waals surface area contributed by atoms with Gasteiger partial charge in [-0.2, -0.15) is 4.68 Å². The van der Waals surface area contributed by atoms with Gasteiger partial charge in [0.25, 0.3) is 5.91 Å². The molecule has 2 heterocycles. The second-order valence-electron chi connectivity index (χ2n) is 4.04. The van der Waals surface area contributed by atoms with Crippen LogP contribution in [0.5, 0.6) is 0 Å². The third-order valence-electron chi connectivity index (χ3n) is 2.63. The molecule has 0 spiro atoms. The predicted molar refractivity (Wildman–Crippen MR) is 70.8 cm³/mol. The number of carbonyl (C=O) groups excluding carboxylic acids is 1. The molecule has 2 rings (SSSR count). The highest BCUT2D eigenvalue weighted by molar-refractivity contribution is 7.12. The van der Waals surface area contributed by atoms with E-state index in [2.05, 4.69) is 20.8 Å². The number of aliphatic carboxylic acids is 1. The van der Waals surface area contributed by atoms with E-state index in [9.17, 15) is 9.59 Å². The number of aromatic nitrogens is 4. The summed E-state index contributed by atoms with van der Waals surface area (Å²) in [6.07, 6.45) is 2.42. The number of nitrogens with one attached hydrogen (secondary N) is 1. The number of hydrogen-bond acceptors (Lipinski definition) is 6. The lowest BCUT2D eigenvalue weighted by molar-refractivity contribution is -0.139. The molecule has 8 nitrogen and oxygen atoms in total. The molecule has 2 N–H and O–H groups in total. The minimum atomic E-state index is -1.04. The van der Waals surface area contributed by atoms with Gasteiger partial charge in [0.05, 0.1) is 5.69 Å². The maximum Gasteiger partial charge on any atom is 0.326 e. The van der Waals surface area contributed by atoms with Gasteiger partial charge in [0.1, 0.15) is 17.2 Å². The lowest BCUT2D eigenvalue weighted by atomic mass is 10.1. The molecule has 0 aromatic carbocycles. The number of thiophene rings is 1. The van der Waals surface area contributed by atoms with Crippen molar-refractivity contribution >= 4 is 23.2 Å². The Morgan fingerprint density at radius 3 is 2.95 bits per heavy atom. The normalized spacial score (nSPS) is 12.1. The van der Waals surface area contributed by atoms with Crippen molar-refractivity contribution in [3.8, 4) is 5.69 Å². The standard InChI is InChI=1S/C11H13N5O3S/c1-2-3-7(11(18)19)13-10(17)9-8(4-5-20-9)16-6-12-14-15-16/h4-7H,2-3H2,1H3,(H,13,17)(H,18,19). The van der Waals surface area contributed by atoms with E-state index < -0.39 is 17.9 Å². The Balaban J connectivity index is 2.18. The summed E-state index contributed by atoms with van der Waals surface area (Å²) in [6, 6.07) is 0.808. The Labute approximate surface area is 118 Å². The molecule has 0 bridgehead atoms. The molecule has 1 unspecified atom stereocenters. The van der Waals surface area contributed by atoms with Gasteiger partial charge in [0.15, 0.2) is 0 Å². The number of amides is 1. The molecule has 0 aliphatic heterocycles. The highest BCUT2D eigenvalue weighted by Crippen LogP contribution is 2.20.